The molecule has 0 radical (unpaired) electrons. The normalized spacial score (nSPS) is 17.0. The van der Waals surface area contributed by atoms with Crippen LogP contribution in [0.5, 0.6) is 5.75 Å². The highest BCUT2D eigenvalue weighted by Gasteiger charge is 2.19. The molecule has 0 atom stereocenters. The molecule has 14 heavy (non-hydrogen) atoms. The van der Waals surface area contributed by atoms with Gasteiger partial charge in [0.1, 0.15) is 5.75 Å². The van der Waals surface area contributed by atoms with E-state index in [-0.39, 0.29) is 0 Å². The van der Waals surface area contributed by atoms with Crippen molar-refractivity contribution in [3.05, 3.63) is 41.6 Å². The fourth-order valence-electron chi connectivity index (χ4n) is 2.13. The number of allylic oxidation sites excluding steroid dienone is 1. The third-order valence-electron chi connectivity index (χ3n) is 2.77. The summed E-state index contributed by atoms with van der Waals surface area (Å²) in [6, 6.07) is 3.78. The average molecular weight is 185 g/mol. The molecule has 0 aromatic heterocycles. The maximum atomic E-state index is 9.72. The summed E-state index contributed by atoms with van der Waals surface area (Å²) in [5.41, 5.74) is 3.43. The van der Waals surface area contributed by atoms with Crippen LogP contribution in [0, 0.1) is 0 Å². The molecule has 0 amide bonds. The second-order valence-electron chi connectivity index (χ2n) is 3.65. The average Bonchev–Trinajstić information content (AvgIpc) is 2.24. The highest BCUT2D eigenvalue weighted by Crippen LogP contribution is 2.38. The van der Waals surface area contributed by atoms with Crippen LogP contribution in [0.3, 0.4) is 0 Å². The van der Waals surface area contributed by atoms with Crippen LogP contribution >= 0.6 is 0 Å². The van der Waals surface area contributed by atoms with E-state index in [0.717, 1.165) is 18.5 Å². The fourth-order valence-corrected chi connectivity index (χ4v) is 2.13. The second-order valence-corrected chi connectivity index (χ2v) is 3.65. The summed E-state index contributed by atoms with van der Waals surface area (Å²) in [5, 5.41) is 9.72. The lowest BCUT2D eigenvalue weighted by Gasteiger charge is -2.30. The summed E-state index contributed by atoms with van der Waals surface area (Å²) < 4.78 is 0. The van der Waals surface area contributed by atoms with Crippen molar-refractivity contribution in [1.82, 2.24) is 0 Å². The van der Waals surface area contributed by atoms with Crippen LogP contribution in [0.15, 0.2) is 30.5 Å². The van der Waals surface area contributed by atoms with Gasteiger partial charge >= 0.3 is 0 Å². The Kier molecular flexibility index (Phi) is 1.45. The summed E-state index contributed by atoms with van der Waals surface area (Å²) in [7, 11) is 0. The highest BCUT2D eigenvalue weighted by atomic mass is 16.3. The first kappa shape index (κ1) is 7.68. The van der Waals surface area contributed by atoms with Crippen molar-refractivity contribution in [3.8, 4) is 5.75 Å². The Labute approximate surface area is 82.8 Å². The van der Waals surface area contributed by atoms with E-state index < -0.39 is 0 Å². The lowest BCUT2D eigenvalue weighted by Crippen LogP contribution is -2.23. The second kappa shape index (κ2) is 2.64. The van der Waals surface area contributed by atoms with Crippen LogP contribution in [-0.2, 0) is 6.42 Å². The predicted molar refractivity (Wildman–Crippen MR) is 57.3 cm³/mol. The molecule has 0 aliphatic carbocycles. The van der Waals surface area contributed by atoms with Crippen molar-refractivity contribution in [3.63, 3.8) is 0 Å². The predicted octanol–water partition coefficient (Wildman–Crippen LogP) is 2.30. The molecule has 0 unspecified atom stereocenters. The maximum Gasteiger partial charge on any atom is 0.124 e. The number of phenols is 1. The molecule has 1 aromatic rings. The molecule has 2 heterocycles. The van der Waals surface area contributed by atoms with Gasteiger partial charge in [-0.05, 0) is 18.1 Å². The van der Waals surface area contributed by atoms with Gasteiger partial charge in [-0.25, -0.2) is 0 Å². The summed E-state index contributed by atoms with van der Waals surface area (Å²) in [4.78, 5) is 2.17. The van der Waals surface area contributed by atoms with Crippen LogP contribution in [0.4, 0.5) is 5.69 Å². The van der Waals surface area contributed by atoms with E-state index in [2.05, 4.69) is 23.3 Å². The van der Waals surface area contributed by atoms with Crippen molar-refractivity contribution in [2.45, 2.75) is 6.42 Å². The third-order valence-corrected chi connectivity index (χ3v) is 2.77. The Morgan fingerprint density at radius 2 is 2.14 bits per heavy atom. The molecule has 0 saturated carbocycles. The number of anilines is 1. The van der Waals surface area contributed by atoms with E-state index in [1.54, 1.807) is 6.07 Å². The van der Waals surface area contributed by atoms with Crippen LogP contribution < -0.4 is 4.90 Å². The minimum Gasteiger partial charge on any atom is -0.507 e. The van der Waals surface area contributed by atoms with Gasteiger partial charge in [-0.2, -0.15) is 0 Å². The van der Waals surface area contributed by atoms with E-state index in [1.807, 2.05) is 12.1 Å². The van der Waals surface area contributed by atoms with Gasteiger partial charge < -0.3 is 10.0 Å². The third kappa shape index (κ3) is 0.909. The molecule has 2 nitrogen and oxygen atoms in total. The standard InChI is InChI=1S/C12H11NO/c14-11-6-5-9-3-1-7-13-8-2-4-10(11)12(9)13/h1-2,4-7,14H,3,8H2. The molecular formula is C12H11NO. The molecule has 1 aromatic carbocycles. The number of phenolic OH excluding ortho intramolecular Hbond substituents is 1. The summed E-state index contributed by atoms with van der Waals surface area (Å²) >= 11 is 0. The smallest absolute Gasteiger partial charge is 0.124 e. The van der Waals surface area contributed by atoms with E-state index in [1.165, 1.54) is 11.3 Å². The fraction of sp³-hybridized carbons (Fsp3) is 0.167. The number of hydrogen-bond donors (Lipinski definition) is 1. The summed E-state index contributed by atoms with van der Waals surface area (Å²) in [6.45, 7) is 0.903. The van der Waals surface area contributed by atoms with Gasteiger partial charge in [-0.3, -0.25) is 0 Å². The van der Waals surface area contributed by atoms with Gasteiger partial charge in [0.15, 0.2) is 0 Å². The van der Waals surface area contributed by atoms with Crippen molar-refractivity contribution in [1.29, 1.82) is 0 Å². The molecule has 0 saturated heterocycles. The van der Waals surface area contributed by atoms with E-state index in [0.29, 0.717) is 5.75 Å². The largest absolute Gasteiger partial charge is 0.507 e. The van der Waals surface area contributed by atoms with Crippen molar-refractivity contribution >= 4 is 11.8 Å². The quantitative estimate of drug-likeness (QED) is 0.670. The van der Waals surface area contributed by atoms with Crippen molar-refractivity contribution in [2.75, 3.05) is 11.4 Å². The first-order valence-corrected chi connectivity index (χ1v) is 4.81. The van der Waals surface area contributed by atoms with Crippen LogP contribution in [0.2, 0.25) is 0 Å². The first-order valence-electron chi connectivity index (χ1n) is 4.81. The Bertz CT molecular complexity index is 446. The van der Waals surface area contributed by atoms with E-state index >= 15 is 0 Å². The number of hydrogen-bond acceptors (Lipinski definition) is 2. The first-order chi connectivity index (χ1) is 6.86. The van der Waals surface area contributed by atoms with Gasteiger partial charge in [0.25, 0.3) is 0 Å². The topological polar surface area (TPSA) is 23.5 Å². The van der Waals surface area contributed by atoms with E-state index in [4.69, 9.17) is 0 Å². The number of benzene rings is 1. The number of aromatic hydroxyl groups is 1. The van der Waals surface area contributed by atoms with Gasteiger partial charge in [-0.15, -0.1) is 0 Å². The lowest BCUT2D eigenvalue weighted by atomic mass is 9.97. The number of rotatable bonds is 0. The van der Waals surface area contributed by atoms with E-state index in [9.17, 15) is 5.11 Å². The molecule has 70 valence electrons. The number of nitrogens with zero attached hydrogens (tertiary/aromatic N) is 1. The highest BCUT2D eigenvalue weighted by molar-refractivity contribution is 5.80. The Morgan fingerprint density at radius 1 is 1.21 bits per heavy atom. The maximum absolute atomic E-state index is 9.72. The minimum atomic E-state index is 0.375. The van der Waals surface area contributed by atoms with Crippen LogP contribution in [-0.4, -0.2) is 11.7 Å². The minimum absolute atomic E-state index is 0.375. The van der Waals surface area contributed by atoms with Crippen LogP contribution in [0.25, 0.3) is 6.08 Å². The zero-order valence-electron chi connectivity index (χ0n) is 7.77. The van der Waals surface area contributed by atoms with Crippen molar-refractivity contribution in [2.24, 2.45) is 0 Å². The Balaban J connectivity index is 2.32. The molecule has 0 spiro atoms. The van der Waals surface area contributed by atoms with Gasteiger partial charge in [0.05, 0.1) is 5.69 Å². The SMILES string of the molecule is Oc1ccc2c3c1C=CCN3C=CC2. The Morgan fingerprint density at radius 3 is 3.07 bits per heavy atom. The van der Waals surface area contributed by atoms with Gasteiger partial charge in [0.2, 0.25) is 0 Å². The molecular weight excluding hydrogens is 174 g/mol. The molecule has 0 fully saturated rings. The zero-order valence-corrected chi connectivity index (χ0v) is 7.77. The molecule has 2 aliphatic rings. The van der Waals surface area contributed by atoms with Crippen LogP contribution in [0.1, 0.15) is 11.1 Å². The molecule has 1 N–H and O–H groups in total. The summed E-state index contributed by atoms with van der Waals surface area (Å²) in [5.74, 6) is 0.375. The molecule has 2 heteroatoms. The molecule has 2 aliphatic heterocycles. The van der Waals surface area contributed by atoms with Crippen molar-refractivity contribution < 1.29 is 5.11 Å². The molecule has 3 rings (SSSR count). The van der Waals surface area contributed by atoms with Gasteiger partial charge in [0, 0.05) is 18.3 Å². The lowest BCUT2D eigenvalue weighted by molar-refractivity contribution is 0.473. The van der Waals surface area contributed by atoms with Gasteiger partial charge in [-0.1, -0.05) is 24.3 Å². The molecule has 0 bridgehead atoms. The zero-order chi connectivity index (χ0) is 9.54. The monoisotopic (exact) mass is 185 g/mol. The summed E-state index contributed by atoms with van der Waals surface area (Å²) in [6.07, 6.45) is 9.29. The Hall–Kier alpha value is -1.70.